The molecule has 0 aliphatic rings. The van der Waals surface area contributed by atoms with Crippen LogP contribution in [0.4, 0.5) is 0 Å². The molecule has 18 heavy (non-hydrogen) atoms. The van der Waals surface area contributed by atoms with Crippen molar-refractivity contribution in [3.8, 4) is 0 Å². The van der Waals surface area contributed by atoms with Crippen molar-refractivity contribution in [2.24, 2.45) is 5.73 Å². The Morgan fingerprint density at radius 3 is 1.50 bits per heavy atom. The fourth-order valence-corrected chi connectivity index (χ4v) is 1.79. The Balaban J connectivity index is 0. The third-order valence-corrected chi connectivity index (χ3v) is 2.78. The second-order valence-electron chi connectivity index (χ2n) is 4.71. The van der Waals surface area contributed by atoms with Gasteiger partial charge in [-0.1, -0.05) is 64.7 Å². The quantitative estimate of drug-likeness (QED) is 0.555. The van der Waals surface area contributed by atoms with Crippen LogP contribution in [0.5, 0.6) is 0 Å². The molecule has 0 aromatic heterocycles. The van der Waals surface area contributed by atoms with Gasteiger partial charge in [-0.05, 0) is 13.3 Å². The molecule has 0 unspecified atom stereocenters. The third-order valence-electron chi connectivity index (χ3n) is 2.78. The Morgan fingerprint density at radius 2 is 1.17 bits per heavy atom. The van der Waals surface area contributed by atoms with Crippen molar-refractivity contribution >= 4 is 5.91 Å². The predicted molar refractivity (Wildman–Crippen MR) is 78.4 cm³/mol. The average Bonchev–Trinajstić information content (AvgIpc) is 2.32. The Labute approximate surface area is 113 Å². The average molecular weight is 259 g/mol. The summed E-state index contributed by atoms with van der Waals surface area (Å²) in [4.78, 5) is 10.5. The molecule has 0 aromatic rings. The standard InChI is InChI=1S/C13H27NO.C2H6O/c1-2-3-4-5-6-7-8-9-10-11-12-13(14)15;1-2-3/h2-12H2,1H3,(H2,14,15);3H,2H2,1H3. The molecule has 1 amide bonds. The summed E-state index contributed by atoms with van der Waals surface area (Å²) < 4.78 is 0. The van der Waals surface area contributed by atoms with Gasteiger partial charge in [-0.2, -0.15) is 0 Å². The molecule has 0 radical (unpaired) electrons. The van der Waals surface area contributed by atoms with Gasteiger partial charge in [-0.15, -0.1) is 0 Å². The first kappa shape index (κ1) is 19.8. The molecule has 3 nitrogen and oxygen atoms in total. The van der Waals surface area contributed by atoms with Crippen LogP contribution in [-0.2, 0) is 4.79 Å². The van der Waals surface area contributed by atoms with E-state index in [1.54, 1.807) is 6.92 Å². The number of aliphatic hydroxyl groups is 1. The summed E-state index contributed by atoms with van der Waals surface area (Å²) in [6.07, 6.45) is 13.6. The van der Waals surface area contributed by atoms with Gasteiger partial charge in [0.2, 0.25) is 5.91 Å². The maximum Gasteiger partial charge on any atom is 0.217 e. The van der Waals surface area contributed by atoms with Gasteiger partial charge >= 0.3 is 0 Å². The SMILES string of the molecule is CCCCCCCCCCCCC(N)=O.CCO. The smallest absolute Gasteiger partial charge is 0.217 e. The normalized spacial score (nSPS) is 9.72. The van der Waals surface area contributed by atoms with Gasteiger partial charge in [-0.25, -0.2) is 0 Å². The maximum absolute atomic E-state index is 10.5. The summed E-state index contributed by atoms with van der Waals surface area (Å²) in [5, 5.41) is 7.57. The molecule has 0 saturated carbocycles. The van der Waals surface area contributed by atoms with Crippen LogP contribution in [-0.4, -0.2) is 17.6 Å². The minimum atomic E-state index is -0.158. The summed E-state index contributed by atoms with van der Waals surface area (Å²) in [5.74, 6) is -0.158. The van der Waals surface area contributed by atoms with Crippen LogP contribution in [0.2, 0.25) is 0 Å². The molecule has 0 bridgehead atoms. The van der Waals surface area contributed by atoms with E-state index >= 15 is 0 Å². The van der Waals surface area contributed by atoms with Crippen LogP contribution in [0.25, 0.3) is 0 Å². The highest BCUT2D eigenvalue weighted by molar-refractivity contribution is 5.73. The molecule has 0 fully saturated rings. The second-order valence-corrected chi connectivity index (χ2v) is 4.71. The molecule has 0 aliphatic carbocycles. The highest BCUT2D eigenvalue weighted by Crippen LogP contribution is 2.10. The van der Waals surface area contributed by atoms with Crippen LogP contribution in [0, 0.1) is 0 Å². The van der Waals surface area contributed by atoms with Gasteiger partial charge in [0.15, 0.2) is 0 Å². The number of unbranched alkanes of at least 4 members (excludes halogenated alkanes) is 9. The van der Waals surface area contributed by atoms with Crippen LogP contribution in [0.3, 0.4) is 0 Å². The summed E-state index contributed by atoms with van der Waals surface area (Å²) in [6, 6.07) is 0. The fourth-order valence-electron chi connectivity index (χ4n) is 1.79. The molecule has 3 N–H and O–H groups in total. The second kappa shape index (κ2) is 18.8. The minimum absolute atomic E-state index is 0.158. The highest BCUT2D eigenvalue weighted by Gasteiger charge is 1.95. The molecule has 0 heterocycles. The number of hydrogen-bond donors (Lipinski definition) is 2. The van der Waals surface area contributed by atoms with Crippen molar-refractivity contribution < 1.29 is 9.90 Å². The van der Waals surface area contributed by atoms with Crippen molar-refractivity contribution in [3.05, 3.63) is 0 Å². The number of nitrogens with two attached hydrogens (primary N) is 1. The lowest BCUT2D eigenvalue weighted by Gasteiger charge is -2.01. The van der Waals surface area contributed by atoms with Gasteiger partial charge in [0.05, 0.1) is 0 Å². The number of aliphatic hydroxyl groups excluding tert-OH is 1. The lowest BCUT2D eigenvalue weighted by molar-refractivity contribution is -0.118. The zero-order valence-corrected chi connectivity index (χ0v) is 12.4. The molecule has 110 valence electrons. The van der Waals surface area contributed by atoms with E-state index in [2.05, 4.69) is 6.92 Å². The summed E-state index contributed by atoms with van der Waals surface area (Å²) in [5.41, 5.74) is 5.06. The van der Waals surface area contributed by atoms with Crippen molar-refractivity contribution in [2.75, 3.05) is 6.61 Å². The predicted octanol–water partition coefficient (Wildman–Crippen LogP) is 3.78. The van der Waals surface area contributed by atoms with Gasteiger partial charge in [0.25, 0.3) is 0 Å². The number of rotatable bonds is 11. The van der Waals surface area contributed by atoms with Gasteiger partial charge < -0.3 is 10.8 Å². The monoisotopic (exact) mass is 259 g/mol. The van der Waals surface area contributed by atoms with Crippen molar-refractivity contribution in [1.82, 2.24) is 0 Å². The van der Waals surface area contributed by atoms with Crippen LogP contribution in [0.1, 0.15) is 84.5 Å². The number of amides is 1. The first-order chi connectivity index (χ1) is 8.68. The first-order valence-electron chi connectivity index (χ1n) is 7.58. The maximum atomic E-state index is 10.5. The van der Waals surface area contributed by atoms with E-state index in [1.807, 2.05) is 0 Å². The van der Waals surface area contributed by atoms with Crippen molar-refractivity contribution in [1.29, 1.82) is 0 Å². The molecular weight excluding hydrogens is 226 g/mol. The van der Waals surface area contributed by atoms with Crippen LogP contribution >= 0.6 is 0 Å². The summed E-state index contributed by atoms with van der Waals surface area (Å²) in [7, 11) is 0. The number of hydrogen-bond acceptors (Lipinski definition) is 2. The number of primary amides is 1. The molecular formula is C15H33NO2. The van der Waals surface area contributed by atoms with Crippen molar-refractivity contribution in [3.63, 3.8) is 0 Å². The van der Waals surface area contributed by atoms with E-state index in [1.165, 1.54) is 51.4 Å². The van der Waals surface area contributed by atoms with E-state index in [0.29, 0.717) is 6.42 Å². The molecule has 0 saturated heterocycles. The van der Waals surface area contributed by atoms with E-state index in [4.69, 9.17) is 10.8 Å². The lowest BCUT2D eigenvalue weighted by Crippen LogP contribution is -2.09. The Hall–Kier alpha value is -0.570. The summed E-state index contributed by atoms with van der Waals surface area (Å²) >= 11 is 0. The van der Waals surface area contributed by atoms with Gasteiger partial charge in [-0.3, -0.25) is 4.79 Å². The molecule has 0 atom stereocenters. The lowest BCUT2D eigenvalue weighted by atomic mass is 10.1. The molecule has 3 heteroatoms. The van der Waals surface area contributed by atoms with E-state index in [-0.39, 0.29) is 12.5 Å². The van der Waals surface area contributed by atoms with Crippen molar-refractivity contribution in [2.45, 2.75) is 84.5 Å². The third kappa shape index (κ3) is 24.6. The zero-order valence-electron chi connectivity index (χ0n) is 12.4. The molecule has 0 spiro atoms. The minimum Gasteiger partial charge on any atom is -0.397 e. The molecule has 0 aliphatic heterocycles. The Bertz CT molecular complexity index is 161. The van der Waals surface area contributed by atoms with Gasteiger partial charge in [0.1, 0.15) is 0 Å². The number of carbonyl (C=O) groups is 1. The topological polar surface area (TPSA) is 63.3 Å². The first-order valence-corrected chi connectivity index (χ1v) is 7.58. The summed E-state index contributed by atoms with van der Waals surface area (Å²) in [6.45, 7) is 4.18. The van der Waals surface area contributed by atoms with Crippen LogP contribution in [0.15, 0.2) is 0 Å². The molecule has 0 aromatic carbocycles. The van der Waals surface area contributed by atoms with E-state index in [0.717, 1.165) is 12.8 Å². The zero-order chi connectivity index (χ0) is 14.1. The van der Waals surface area contributed by atoms with Crippen LogP contribution < -0.4 is 5.73 Å². The Morgan fingerprint density at radius 1 is 0.833 bits per heavy atom. The largest absolute Gasteiger partial charge is 0.397 e. The van der Waals surface area contributed by atoms with E-state index < -0.39 is 0 Å². The fraction of sp³-hybridized carbons (Fsp3) is 0.933. The van der Waals surface area contributed by atoms with E-state index in [9.17, 15) is 4.79 Å². The molecule has 0 rings (SSSR count). The number of carbonyl (C=O) groups excluding carboxylic acids is 1. The van der Waals surface area contributed by atoms with Gasteiger partial charge in [0, 0.05) is 13.0 Å². The Kier molecular flexibility index (Phi) is 20.6. The highest BCUT2D eigenvalue weighted by atomic mass is 16.2.